The summed E-state index contributed by atoms with van der Waals surface area (Å²) in [6, 6.07) is 0. The van der Waals surface area contributed by atoms with Gasteiger partial charge in [0, 0.05) is 0 Å². The molecule has 136 valence electrons. The monoisotopic (exact) mass is 375 g/mol. The van der Waals surface area contributed by atoms with Crippen molar-refractivity contribution in [3.05, 3.63) is 0 Å². The molecule has 1 heterocycles. The van der Waals surface area contributed by atoms with E-state index in [9.17, 15) is 4.79 Å². The third-order valence-corrected chi connectivity index (χ3v) is 17.1. The van der Waals surface area contributed by atoms with Crippen molar-refractivity contribution in [1.29, 1.82) is 0 Å². The van der Waals surface area contributed by atoms with Crippen molar-refractivity contribution in [3.8, 4) is 0 Å². The Morgan fingerprint density at radius 3 is 1.78 bits per heavy atom. The third-order valence-electron chi connectivity index (χ3n) is 6.34. The van der Waals surface area contributed by atoms with Crippen LogP contribution in [0.15, 0.2) is 0 Å². The molecule has 1 aliphatic rings. The zero-order valence-electron chi connectivity index (χ0n) is 16.9. The summed E-state index contributed by atoms with van der Waals surface area (Å²) >= 11 is 4.80. The van der Waals surface area contributed by atoms with E-state index in [0.717, 1.165) is 0 Å². The van der Waals surface area contributed by atoms with Crippen molar-refractivity contribution in [1.82, 2.24) is 4.57 Å². The zero-order valence-corrected chi connectivity index (χ0v) is 19.8. The quantitative estimate of drug-likeness (QED) is 0.420. The SMILES string of the molecule is C[C@@H](O[Si](C)(C)C(C)(C)C)[C@H]1C(=O)N([Si](C)(C)C(C)(C)C)[C@@H]1S. The Morgan fingerprint density at radius 1 is 1.04 bits per heavy atom. The second-order valence-electron chi connectivity index (χ2n) is 10.0. The summed E-state index contributed by atoms with van der Waals surface area (Å²) in [7, 11) is -3.74. The van der Waals surface area contributed by atoms with Crippen LogP contribution in [0.3, 0.4) is 0 Å². The van der Waals surface area contributed by atoms with Crippen molar-refractivity contribution < 1.29 is 9.22 Å². The van der Waals surface area contributed by atoms with E-state index in [1.165, 1.54) is 0 Å². The lowest BCUT2D eigenvalue weighted by molar-refractivity contribution is -0.148. The van der Waals surface area contributed by atoms with Crippen molar-refractivity contribution in [2.45, 2.75) is 96.2 Å². The molecular weight excluding hydrogens is 338 g/mol. The molecule has 1 saturated heterocycles. The maximum Gasteiger partial charge on any atom is 0.224 e. The topological polar surface area (TPSA) is 29.5 Å². The van der Waals surface area contributed by atoms with Crippen LogP contribution in [-0.2, 0) is 9.22 Å². The molecule has 0 aromatic heterocycles. The van der Waals surface area contributed by atoms with Gasteiger partial charge in [-0.05, 0) is 30.1 Å². The predicted molar refractivity (Wildman–Crippen MR) is 108 cm³/mol. The summed E-state index contributed by atoms with van der Waals surface area (Å²) in [6.45, 7) is 24.5. The van der Waals surface area contributed by atoms with Gasteiger partial charge in [-0.15, -0.1) is 0 Å². The molecule has 0 N–H and O–H groups in total. The molecule has 1 rings (SSSR count). The molecule has 6 heteroatoms. The number of β-lactam (4-membered cyclic amide) rings is 1. The molecule has 1 amide bonds. The molecule has 0 aromatic carbocycles. The fourth-order valence-electron chi connectivity index (χ4n) is 2.62. The van der Waals surface area contributed by atoms with Crippen LogP contribution in [-0.4, -0.2) is 38.5 Å². The Kier molecular flexibility index (Phi) is 5.71. The average molecular weight is 376 g/mol. The minimum absolute atomic E-state index is 0.0110. The predicted octanol–water partition coefficient (Wildman–Crippen LogP) is 5.12. The number of amides is 1. The van der Waals surface area contributed by atoms with Crippen LogP contribution in [0.2, 0.25) is 36.3 Å². The van der Waals surface area contributed by atoms with E-state index < -0.39 is 16.6 Å². The van der Waals surface area contributed by atoms with E-state index in [4.69, 9.17) is 17.1 Å². The highest BCUT2D eigenvalue weighted by molar-refractivity contribution is 7.81. The fourth-order valence-corrected chi connectivity index (χ4v) is 7.65. The van der Waals surface area contributed by atoms with Gasteiger partial charge in [0.1, 0.15) is 0 Å². The molecule has 3 nitrogen and oxygen atoms in total. The lowest BCUT2D eigenvalue weighted by Gasteiger charge is -2.58. The molecule has 0 aliphatic carbocycles. The minimum Gasteiger partial charge on any atom is -0.413 e. The van der Waals surface area contributed by atoms with Gasteiger partial charge in [-0.1, -0.05) is 54.6 Å². The van der Waals surface area contributed by atoms with Gasteiger partial charge in [0.25, 0.3) is 0 Å². The third kappa shape index (κ3) is 3.75. The van der Waals surface area contributed by atoms with E-state index in [2.05, 4.69) is 79.2 Å². The van der Waals surface area contributed by atoms with Crippen molar-refractivity contribution >= 4 is 35.1 Å². The Balaban J connectivity index is 2.90. The molecule has 0 bridgehead atoms. The second kappa shape index (κ2) is 6.18. The molecule has 0 unspecified atom stereocenters. The molecule has 0 radical (unpaired) electrons. The Labute approximate surface area is 151 Å². The van der Waals surface area contributed by atoms with Crippen LogP contribution in [0.4, 0.5) is 0 Å². The highest BCUT2D eigenvalue weighted by Gasteiger charge is 2.58. The van der Waals surface area contributed by atoms with Crippen LogP contribution in [0.1, 0.15) is 48.5 Å². The van der Waals surface area contributed by atoms with Crippen molar-refractivity contribution in [2.24, 2.45) is 5.92 Å². The summed E-state index contributed by atoms with van der Waals surface area (Å²) in [6.07, 6.45) is -0.0630. The van der Waals surface area contributed by atoms with E-state index in [1.807, 2.05) is 0 Å². The summed E-state index contributed by atoms with van der Waals surface area (Å²) < 4.78 is 8.53. The molecule has 1 fully saturated rings. The zero-order chi connectivity index (χ0) is 18.6. The summed E-state index contributed by atoms with van der Waals surface area (Å²) in [5, 5.41) is 0.278. The minimum atomic E-state index is -1.87. The molecule has 0 aromatic rings. The molecule has 1 aliphatic heterocycles. The van der Waals surface area contributed by atoms with Gasteiger partial charge in [0.2, 0.25) is 5.91 Å². The smallest absolute Gasteiger partial charge is 0.224 e. The first-order valence-electron chi connectivity index (χ1n) is 8.64. The van der Waals surface area contributed by atoms with Gasteiger partial charge >= 0.3 is 0 Å². The molecule has 3 atom stereocenters. The Bertz CT molecular complexity index is 462. The fraction of sp³-hybridized carbons (Fsp3) is 0.941. The van der Waals surface area contributed by atoms with Gasteiger partial charge in [0.15, 0.2) is 16.6 Å². The van der Waals surface area contributed by atoms with Crippen LogP contribution in [0, 0.1) is 5.92 Å². The summed E-state index contributed by atoms with van der Waals surface area (Å²) in [4.78, 5) is 12.9. The Morgan fingerprint density at radius 2 is 1.48 bits per heavy atom. The number of thiol groups is 1. The van der Waals surface area contributed by atoms with E-state index >= 15 is 0 Å². The lowest BCUT2D eigenvalue weighted by atomic mass is 9.96. The van der Waals surface area contributed by atoms with Gasteiger partial charge in [0.05, 0.1) is 17.4 Å². The van der Waals surface area contributed by atoms with Crippen LogP contribution < -0.4 is 0 Å². The second-order valence-corrected chi connectivity index (χ2v) is 20.4. The lowest BCUT2D eigenvalue weighted by Crippen LogP contribution is -2.73. The van der Waals surface area contributed by atoms with Gasteiger partial charge in [-0.3, -0.25) is 4.79 Å². The number of carbonyl (C=O) groups excluding carboxylic acids is 1. The van der Waals surface area contributed by atoms with Crippen LogP contribution in [0.25, 0.3) is 0 Å². The number of nitrogens with zero attached hydrogens (tertiary/aromatic N) is 1. The number of hydrogen-bond acceptors (Lipinski definition) is 3. The molecule has 0 saturated carbocycles. The largest absolute Gasteiger partial charge is 0.413 e. The molecular formula is C17H37NO2SSi2. The van der Waals surface area contributed by atoms with Gasteiger partial charge < -0.3 is 8.99 Å². The van der Waals surface area contributed by atoms with Crippen LogP contribution >= 0.6 is 12.6 Å². The highest BCUT2D eigenvalue weighted by atomic mass is 32.1. The first kappa shape index (κ1) is 21.3. The van der Waals surface area contributed by atoms with E-state index in [-0.39, 0.29) is 33.4 Å². The number of hydrogen-bond donors (Lipinski definition) is 1. The van der Waals surface area contributed by atoms with Crippen LogP contribution in [0.5, 0.6) is 0 Å². The average Bonchev–Trinajstić information content (AvgIpc) is 2.23. The summed E-state index contributed by atoms with van der Waals surface area (Å²) in [5.74, 6) is 0.129. The number of rotatable bonds is 4. The molecule has 23 heavy (non-hydrogen) atoms. The van der Waals surface area contributed by atoms with Crippen molar-refractivity contribution in [2.75, 3.05) is 0 Å². The van der Waals surface area contributed by atoms with Gasteiger partial charge in [-0.25, -0.2) is 0 Å². The Hall–Kier alpha value is 0.214. The highest BCUT2D eigenvalue weighted by Crippen LogP contribution is 2.47. The van der Waals surface area contributed by atoms with Crippen molar-refractivity contribution in [3.63, 3.8) is 0 Å². The summed E-state index contributed by atoms with van der Waals surface area (Å²) in [5.41, 5.74) is 0. The molecule has 0 spiro atoms. The van der Waals surface area contributed by atoms with E-state index in [1.54, 1.807) is 0 Å². The standard InChI is InChI=1S/C17H37NO2SSi2/c1-12(20-23(10,11)17(5,6)7)13-14(19)18(15(13)21)22(8,9)16(2,3)4/h12-13,15,21H,1-11H3/t12-,13+,15-/m1/s1. The normalized spacial score (nSPS) is 25.4. The van der Waals surface area contributed by atoms with Gasteiger partial charge in [-0.2, -0.15) is 12.6 Å². The maximum atomic E-state index is 12.9. The first-order valence-corrected chi connectivity index (χ1v) is 15.0. The van der Waals surface area contributed by atoms with E-state index in [0.29, 0.717) is 0 Å². The first-order chi connectivity index (χ1) is 9.95. The maximum absolute atomic E-state index is 12.9. The number of carbonyl (C=O) groups is 1.